The van der Waals surface area contributed by atoms with Gasteiger partial charge in [-0.15, -0.1) is 0 Å². The van der Waals surface area contributed by atoms with Crippen LogP contribution in [0.25, 0.3) is 0 Å². The zero-order valence-electron chi connectivity index (χ0n) is 14.2. The monoisotopic (exact) mass is 397 g/mol. The molecule has 8 heteroatoms. The lowest BCUT2D eigenvalue weighted by Crippen LogP contribution is -2.13. The Hall–Kier alpha value is -2.25. The van der Waals surface area contributed by atoms with E-state index in [0.717, 1.165) is 24.8 Å². The normalized spacial score (nSPS) is 11.2. The van der Waals surface area contributed by atoms with Crippen LogP contribution in [0.15, 0.2) is 47.4 Å². The number of carbonyl (C=O) groups is 1. The van der Waals surface area contributed by atoms with Crippen LogP contribution in [0.2, 0.25) is 5.02 Å². The van der Waals surface area contributed by atoms with Gasteiger partial charge in [0.15, 0.2) is 6.61 Å². The van der Waals surface area contributed by atoms with E-state index in [9.17, 15) is 13.2 Å². The van der Waals surface area contributed by atoms with Crippen molar-refractivity contribution < 1.29 is 23.1 Å². The van der Waals surface area contributed by atoms with Crippen LogP contribution in [0.1, 0.15) is 25.3 Å². The lowest BCUT2D eigenvalue weighted by molar-refractivity contribution is -0.139. The number of unbranched alkanes of at least 4 members (excludes halogenated alkanes) is 1. The first-order valence-corrected chi connectivity index (χ1v) is 9.94. The van der Waals surface area contributed by atoms with Gasteiger partial charge in [0.05, 0.1) is 9.92 Å². The van der Waals surface area contributed by atoms with Crippen LogP contribution >= 0.6 is 11.6 Å². The van der Waals surface area contributed by atoms with Gasteiger partial charge >= 0.3 is 5.97 Å². The largest absolute Gasteiger partial charge is 0.480 e. The van der Waals surface area contributed by atoms with E-state index in [1.54, 1.807) is 12.1 Å². The zero-order chi connectivity index (χ0) is 19.2. The molecule has 6 nitrogen and oxygen atoms in total. The third-order valence-corrected chi connectivity index (χ3v) is 5.26. The summed E-state index contributed by atoms with van der Waals surface area (Å²) in [5.74, 6) is -1.05. The highest BCUT2D eigenvalue weighted by atomic mass is 35.5. The molecule has 0 aliphatic rings. The molecule has 2 rings (SSSR count). The molecule has 2 N–H and O–H groups in total. The molecule has 0 unspecified atom stereocenters. The summed E-state index contributed by atoms with van der Waals surface area (Å²) in [5, 5.41) is 8.62. The van der Waals surface area contributed by atoms with Gasteiger partial charge in [0.1, 0.15) is 5.75 Å². The van der Waals surface area contributed by atoms with Gasteiger partial charge < -0.3 is 9.84 Å². The van der Waals surface area contributed by atoms with Gasteiger partial charge in [-0.05, 0) is 48.7 Å². The highest BCUT2D eigenvalue weighted by molar-refractivity contribution is 7.92. The number of ether oxygens (including phenoxy) is 1. The Labute approximate surface area is 157 Å². The number of sulfonamides is 1. The zero-order valence-corrected chi connectivity index (χ0v) is 15.8. The first kappa shape index (κ1) is 20.1. The second kappa shape index (κ2) is 8.91. The molecule has 2 aromatic carbocycles. The minimum absolute atomic E-state index is 0.0176. The summed E-state index contributed by atoms with van der Waals surface area (Å²) >= 11 is 5.98. The van der Waals surface area contributed by atoms with Crippen molar-refractivity contribution in [2.24, 2.45) is 0 Å². The van der Waals surface area contributed by atoms with E-state index in [1.165, 1.54) is 18.2 Å². The molecule has 26 heavy (non-hydrogen) atoms. The Morgan fingerprint density at radius 1 is 1.19 bits per heavy atom. The quantitative estimate of drug-likeness (QED) is 0.668. The Balaban J connectivity index is 2.11. The Morgan fingerprint density at radius 3 is 2.46 bits per heavy atom. The van der Waals surface area contributed by atoms with Gasteiger partial charge in [0, 0.05) is 5.69 Å². The molecule has 0 heterocycles. The van der Waals surface area contributed by atoms with Crippen LogP contribution in [0, 0.1) is 0 Å². The molecule has 0 saturated heterocycles. The van der Waals surface area contributed by atoms with Crippen molar-refractivity contribution in [3.63, 3.8) is 0 Å². The predicted octanol–water partition coefficient (Wildman–Crippen LogP) is 3.95. The molecule has 2 aromatic rings. The molecule has 0 bridgehead atoms. The summed E-state index contributed by atoms with van der Waals surface area (Å²) in [4.78, 5) is 10.5. The van der Waals surface area contributed by atoms with Crippen molar-refractivity contribution in [2.45, 2.75) is 31.1 Å². The molecule has 0 atom stereocenters. The molecule has 140 valence electrons. The second-order valence-electron chi connectivity index (χ2n) is 5.68. The van der Waals surface area contributed by atoms with Crippen LogP contribution in [0.4, 0.5) is 5.69 Å². The van der Waals surface area contributed by atoms with E-state index in [0.29, 0.717) is 5.69 Å². The lowest BCUT2D eigenvalue weighted by atomic mass is 10.1. The average Bonchev–Trinajstić information content (AvgIpc) is 2.59. The molecular formula is C18H20ClNO5S. The summed E-state index contributed by atoms with van der Waals surface area (Å²) in [5.41, 5.74) is 1.60. The summed E-state index contributed by atoms with van der Waals surface area (Å²) in [6.45, 7) is 1.56. The standard InChI is InChI=1S/C18H20ClNO5S/c1-2-3-4-13-5-7-14(8-6-13)20-26(23,24)15-9-10-17(16(19)11-15)25-12-18(21)22/h5-11,20H,2-4,12H2,1H3,(H,21,22). The van der Waals surface area contributed by atoms with Gasteiger partial charge in [-0.1, -0.05) is 37.1 Å². The first-order chi connectivity index (χ1) is 12.3. The number of hydrogen-bond donors (Lipinski definition) is 2. The van der Waals surface area contributed by atoms with E-state index in [2.05, 4.69) is 11.6 Å². The highest BCUT2D eigenvalue weighted by Crippen LogP contribution is 2.28. The van der Waals surface area contributed by atoms with E-state index in [1.807, 2.05) is 12.1 Å². The van der Waals surface area contributed by atoms with Gasteiger partial charge in [-0.3, -0.25) is 4.72 Å². The second-order valence-corrected chi connectivity index (χ2v) is 7.77. The van der Waals surface area contributed by atoms with E-state index < -0.39 is 22.6 Å². The first-order valence-electron chi connectivity index (χ1n) is 8.07. The Kier molecular flexibility index (Phi) is 6.88. The van der Waals surface area contributed by atoms with Crippen LogP contribution in [-0.4, -0.2) is 26.1 Å². The molecule has 0 amide bonds. The number of nitrogens with one attached hydrogen (secondary N) is 1. The number of carboxylic acid groups (broad SMARTS) is 1. The van der Waals surface area contributed by atoms with Crippen molar-refractivity contribution in [3.05, 3.63) is 53.1 Å². The molecule has 0 fully saturated rings. The highest BCUT2D eigenvalue weighted by Gasteiger charge is 2.17. The van der Waals surface area contributed by atoms with Gasteiger partial charge in [0.25, 0.3) is 10.0 Å². The van der Waals surface area contributed by atoms with Crippen molar-refractivity contribution in [1.82, 2.24) is 0 Å². The number of halogens is 1. The summed E-state index contributed by atoms with van der Waals surface area (Å²) in [7, 11) is -3.82. The molecule has 0 spiro atoms. The number of aliphatic carboxylic acids is 1. The van der Waals surface area contributed by atoms with Crippen LogP contribution in [0.5, 0.6) is 5.75 Å². The van der Waals surface area contributed by atoms with E-state index >= 15 is 0 Å². The summed E-state index contributed by atoms with van der Waals surface area (Å²) in [6, 6.07) is 11.1. The summed E-state index contributed by atoms with van der Waals surface area (Å²) < 4.78 is 32.4. The molecule has 0 aliphatic heterocycles. The van der Waals surface area contributed by atoms with Gasteiger partial charge in [0.2, 0.25) is 0 Å². The Morgan fingerprint density at radius 2 is 1.88 bits per heavy atom. The number of anilines is 1. The Bertz CT molecular complexity index is 866. The van der Waals surface area contributed by atoms with Crippen molar-refractivity contribution >= 4 is 33.3 Å². The number of rotatable bonds is 9. The number of carboxylic acids is 1. The molecular weight excluding hydrogens is 378 g/mol. The molecule has 0 saturated carbocycles. The third kappa shape index (κ3) is 5.64. The SMILES string of the molecule is CCCCc1ccc(NS(=O)(=O)c2ccc(OCC(=O)O)c(Cl)c2)cc1. The minimum Gasteiger partial charge on any atom is -0.480 e. The van der Waals surface area contributed by atoms with Crippen LogP contribution in [0.3, 0.4) is 0 Å². The fourth-order valence-corrected chi connectivity index (χ4v) is 3.62. The molecule has 0 radical (unpaired) electrons. The third-order valence-electron chi connectivity index (χ3n) is 3.59. The topological polar surface area (TPSA) is 92.7 Å². The fraction of sp³-hybridized carbons (Fsp3) is 0.278. The van der Waals surface area contributed by atoms with Crippen molar-refractivity contribution in [3.8, 4) is 5.75 Å². The van der Waals surface area contributed by atoms with Gasteiger partial charge in [-0.2, -0.15) is 0 Å². The van der Waals surface area contributed by atoms with Crippen molar-refractivity contribution in [1.29, 1.82) is 0 Å². The number of benzene rings is 2. The lowest BCUT2D eigenvalue weighted by Gasteiger charge is -2.11. The maximum absolute atomic E-state index is 12.5. The summed E-state index contributed by atoms with van der Waals surface area (Å²) in [6.07, 6.45) is 3.14. The van der Waals surface area contributed by atoms with Crippen LogP contribution in [-0.2, 0) is 21.2 Å². The fourth-order valence-electron chi connectivity index (χ4n) is 2.24. The minimum atomic E-state index is -3.82. The smallest absolute Gasteiger partial charge is 0.341 e. The molecule has 0 aliphatic carbocycles. The average molecular weight is 398 g/mol. The van der Waals surface area contributed by atoms with E-state index in [-0.39, 0.29) is 15.7 Å². The molecule has 0 aromatic heterocycles. The maximum Gasteiger partial charge on any atom is 0.341 e. The van der Waals surface area contributed by atoms with E-state index in [4.69, 9.17) is 21.4 Å². The van der Waals surface area contributed by atoms with Crippen molar-refractivity contribution in [2.75, 3.05) is 11.3 Å². The number of hydrogen-bond acceptors (Lipinski definition) is 4. The van der Waals surface area contributed by atoms with Crippen LogP contribution < -0.4 is 9.46 Å². The number of aryl methyl sites for hydroxylation is 1. The van der Waals surface area contributed by atoms with Gasteiger partial charge in [-0.25, -0.2) is 13.2 Å². The predicted molar refractivity (Wildman–Crippen MR) is 100 cm³/mol. The maximum atomic E-state index is 12.5.